The Labute approximate surface area is 172 Å². The average Bonchev–Trinajstić information content (AvgIpc) is 3.51. The molecule has 3 aromatic heterocycles. The van der Waals surface area contributed by atoms with Gasteiger partial charge in [-0.1, -0.05) is 11.2 Å². The van der Waals surface area contributed by atoms with Crippen LogP contribution in [0.3, 0.4) is 0 Å². The standard InChI is InChI=1S/C22H20N2O4S/c1-26-18-8-6-16(7-9-18)21-12-17(23-28-21)14-24(15-19-4-2-10-27-19)22(25)13-20-5-3-11-29-20/h2-12H,13-15H2,1H3. The molecule has 3 heterocycles. The van der Waals surface area contributed by atoms with Crippen molar-refractivity contribution >= 4 is 17.2 Å². The molecule has 0 N–H and O–H groups in total. The van der Waals surface area contributed by atoms with E-state index in [1.165, 1.54) is 0 Å². The van der Waals surface area contributed by atoms with Gasteiger partial charge in [0.15, 0.2) is 5.76 Å². The number of hydrogen-bond acceptors (Lipinski definition) is 6. The van der Waals surface area contributed by atoms with Gasteiger partial charge in [0, 0.05) is 16.5 Å². The second-order valence-electron chi connectivity index (χ2n) is 6.50. The molecule has 29 heavy (non-hydrogen) atoms. The number of carbonyl (C=O) groups is 1. The largest absolute Gasteiger partial charge is 0.497 e. The first-order valence-electron chi connectivity index (χ1n) is 9.14. The van der Waals surface area contributed by atoms with Crippen molar-refractivity contribution in [2.24, 2.45) is 0 Å². The summed E-state index contributed by atoms with van der Waals surface area (Å²) >= 11 is 1.57. The molecule has 1 aromatic carbocycles. The Morgan fingerprint density at radius 2 is 2.00 bits per heavy atom. The number of furan rings is 1. The molecule has 4 aromatic rings. The van der Waals surface area contributed by atoms with Gasteiger partial charge < -0.3 is 18.6 Å². The molecule has 0 fully saturated rings. The summed E-state index contributed by atoms with van der Waals surface area (Å²) in [4.78, 5) is 15.7. The number of thiophene rings is 1. The Morgan fingerprint density at radius 3 is 2.69 bits per heavy atom. The summed E-state index contributed by atoms with van der Waals surface area (Å²) < 4.78 is 16.1. The van der Waals surface area contributed by atoms with Crippen LogP contribution in [0.25, 0.3) is 11.3 Å². The first-order chi connectivity index (χ1) is 14.2. The molecule has 0 unspecified atom stereocenters. The van der Waals surface area contributed by atoms with Gasteiger partial charge in [-0.05, 0) is 47.8 Å². The van der Waals surface area contributed by atoms with Gasteiger partial charge in [0.05, 0.1) is 32.9 Å². The average molecular weight is 408 g/mol. The van der Waals surface area contributed by atoms with Crippen LogP contribution in [0, 0.1) is 0 Å². The van der Waals surface area contributed by atoms with Crippen LogP contribution in [0.5, 0.6) is 5.75 Å². The topological polar surface area (TPSA) is 68.7 Å². The maximum absolute atomic E-state index is 12.9. The fourth-order valence-corrected chi connectivity index (χ4v) is 3.67. The van der Waals surface area contributed by atoms with Crippen molar-refractivity contribution in [3.05, 3.63) is 82.6 Å². The van der Waals surface area contributed by atoms with E-state index in [0.29, 0.717) is 31.0 Å². The summed E-state index contributed by atoms with van der Waals surface area (Å²) in [7, 11) is 1.63. The number of nitrogens with zero attached hydrogens (tertiary/aromatic N) is 2. The minimum Gasteiger partial charge on any atom is -0.497 e. The summed E-state index contributed by atoms with van der Waals surface area (Å²) in [5.41, 5.74) is 1.58. The Morgan fingerprint density at radius 1 is 1.14 bits per heavy atom. The van der Waals surface area contributed by atoms with Gasteiger partial charge in [0.1, 0.15) is 17.2 Å². The summed E-state index contributed by atoms with van der Waals surface area (Å²) in [5.74, 6) is 2.16. The quantitative estimate of drug-likeness (QED) is 0.420. The van der Waals surface area contributed by atoms with Crippen LogP contribution in [-0.4, -0.2) is 23.1 Å². The molecule has 0 radical (unpaired) electrons. The molecule has 4 rings (SSSR count). The predicted molar refractivity (Wildman–Crippen MR) is 109 cm³/mol. The lowest BCUT2D eigenvalue weighted by molar-refractivity contribution is -0.132. The van der Waals surface area contributed by atoms with E-state index in [1.807, 2.05) is 60.0 Å². The van der Waals surface area contributed by atoms with Gasteiger partial charge in [-0.3, -0.25) is 4.79 Å². The van der Waals surface area contributed by atoms with E-state index in [2.05, 4.69) is 5.16 Å². The zero-order valence-corrected chi connectivity index (χ0v) is 16.7. The van der Waals surface area contributed by atoms with Crippen molar-refractivity contribution in [3.8, 4) is 17.1 Å². The number of benzene rings is 1. The lowest BCUT2D eigenvalue weighted by atomic mass is 10.1. The lowest BCUT2D eigenvalue weighted by Crippen LogP contribution is -2.31. The lowest BCUT2D eigenvalue weighted by Gasteiger charge is -2.20. The molecule has 6 nitrogen and oxygen atoms in total. The van der Waals surface area contributed by atoms with Crippen LogP contribution in [-0.2, 0) is 24.3 Å². The van der Waals surface area contributed by atoms with E-state index in [0.717, 1.165) is 22.0 Å². The number of rotatable bonds is 8. The van der Waals surface area contributed by atoms with E-state index >= 15 is 0 Å². The van der Waals surface area contributed by atoms with Crippen molar-refractivity contribution < 1.29 is 18.5 Å². The first kappa shape index (κ1) is 19.0. The molecule has 0 saturated heterocycles. The van der Waals surface area contributed by atoms with Gasteiger partial charge >= 0.3 is 0 Å². The molecule has 0 aliphatic heterocycles. The van der Waals surface area contributed by atoms with E-state index in [1.54, 1.807) is 29.6 Å². The smallest absolute Gasteiger partial charge is 0.228 e. The summed E-state index contributed by atoms with van der Waals surface area (Å²) in [5, 5.41) is 6.13. The van der Waals surface area contributed by atoms with E-state index < -0.39 is 0 Å². The second-order valence-corrected chi connectivity index (χ2v) is 7.53. The summed E-state index contributed by atoms with van der Waals surface area (Å²) in [6.07, 6.45) is 1.96. The number of amides is 1. The van der Waals surface area contributed by atoms with Crippen LogP contribution >= 0.6 is 11.3 Å². The minimum absolute atomic E-state index is 0.0119. The zero-order chi connectivity index (χ0) is 20.1. The number of methoxy groups -OCH3 is 1. The molecule has 148 valence electrons. The van der Waals surface area contributed by atoms with Crippen molar-refractivity contribution in [3.63, 3.8) is 0 Å². The Hall–Kier alpha value is -3.32. The molecule has 0 atom stereocenters. The van der Waals surface area contributed by atoms with Crippen molar-refractivity contribution in [1.82, 2.24) is 10.1 Å². The highest BCUT2D eigenvalue weighted by molar-refractivity contribution is 7.10. The number of carbonyl (C=O) groups excluding carboxylic acids is 1. The highest BCUT2D eigenvalue weighted by Gasteiger charge is 2.19. The fraction of sp³-hybridized carbons (Fsp3) is 0.182. The van der Waals surface area contributed by atoms with Crippen molar-refractivity contribution in [2.75, 3.05) is 7.11 Å². The van der Waals surface area contributed by atoms with E-state index in [4.69, 9.17) is 13.7 Å². The third-order valence-corrected chi connectivity index (χ3v) is 5.35. The molecule has 0 aliphatic carbocycles. The zero-order valence-electron chi connectivity index (χ0n) is 15.9. The minimum atomic E-state index is 0.0119. The summed E-state index contributed by atoms with van der Waals surface area (Å²) in [6, 6.07) is 17.0. The van der Waals surface area contributed by atoms with E-state index in [9.17, 15) is 4.79 Å². The molecule has 0 aliphatic rings. The van der Waals surface area contributed by atoms with Gasteiger partial charge in [0.25, 0.3) is 0 Å². The molecule has 7 heteroatoms. The van der Waals surface area contributed by atoms with Crippen LogP contribution < -0.4 is 4.74 Å². The highest BCUT2D eigenvalue weighted by Crippen LogP contribution is 2.24. The predicted octanol–water partition coefficient (Wildman–Crippen LogP) is 4.78. The third kappa shape index (κ3) is 4.75. The summed E-state index contributed by atoms with van der Waals surface area (Å²) in [6.45, 7) is 0.715. The number of ether oxygens (including phenoxy) is 1. The Balaban J connectivity index is 1.50. The molecule has 0 saturated carbocycles. The Bertz CT molecular complexity index is 1040. The molecular formula is C22H20N2O4S. The van der Waals surface area contributed by atoms with Crippen LogP contribution in [0.2, 0.25) is 0 Å². The van der Waals surface area contributed by atoms with Crippen LogP contribution in [0.15, 0.2) is 75.2 Å². The van der Waals surface area contributed by atoms with Gasteiger partial charge in [-0.2, -0.15) is 0 Å². The Kier molecular flexibility index (Phi) is 5.76. The van der Waals surface area contributed by atoms with Crippen molar-refractivity contribution in [1.29, 1.82) is 0 Å². The molecule has 0 bridgehead atoms. The monoisotopic (exact) mass is 408 g/mol. The second kappa shape index (κ2) is 8.79. The van der Waals surface area contributed by atoms with Crippen LogP contribution in [0.1, 0.15) is 16.3 Å². The van der Waals surface area contributed by atoms with Gasteiger partial charge in [-0.25, -0.2) is 0 Å². The number of aromatic nitrogens is 1. The van der Waals surface area contributed by atoms with Gasteiger partial charge in [0.2, 0.25) is 5.91 Å². The maximum atomic E-state index is 12.9. The fourth-order valence-electron chi connectivity index (χ4n) is 2.97. The SMILES string of the molecule is COc1ccc(-c2cc(CN(Cc3ccco3)C(=O)Cc3cccs3)no2)cc1. The first-order valence-corrected chi connectivity index (χ1v) is 10.0. The highest BCUT2D eigenvalue weighted by atomic mass is 32.1. The van der Waals surface area contributed by atoms with E-state index in [-0.39, 0.29) is 5.91 Å². The third-order valence-electron chi connectivity index (χ3n) is 4.47. The van der Waals surface area contributed by atoms with Crippen LogP contribution in [0.4, 0.5) is 0 Å². The molecular weight excluding hydrogens is 388 g/mol. The maximum Gasteiger partial charge on any atom is 0.228 e. The van der Waals surface area contributed by atoms with Gasteiger partial charge in [-0.15, -0.1) is 11.3 Å². The molecule has 0 spiro atoms. The van der Waals surface area contributed by atoms with Crippen molar-refractivity contribution in [2.45, 2.75) is 19.5 Å². The number of hydrogen-bond donors (Lipinski definition) is 0. The normalized spacial score (nSPS) is 10.8. The molecule has 1 amide bonds.